The Kier molecular flexibility index (Phi) is 11.1. The van der Waals surface area contributed by atoms with Crippen molar-refractivity contribution in [1.82, 2.24) is 26.0 Å². The number of hydrogen-bond acceptors (Lipinski definition) is 7. The van der Waals surface area contributed by atoms with Crippen molar-refractivity contribution in [3.63, 3.8) is 0 Å². The summed E-state index contributed by atoms with van der Waals surface area (Å²) in [6, 6.07) is 9.33. The van der Waals surface area contributed by atoms with Crippen LogP contribution in [0.4, 0.5) is 0 Å². The smallest absolute Gasteiger partial charge is 0.274 e. The van der Waals surface area contributed by atoms with E-state index < -0.39 is 35.4 Å². The van der Waals surface area contributed by atoms with Crippen molar-refractivity contribution in [3.8, 4) is 0 Å². The molecule has 3 amide bonds. The number of nitrogens with one attached hydrogen (secondary N) is 3. The van der Waals surface area contributed by atoms with Crippen LogP contribution in [-0.4, -0.2) is 75.7 Å². The Labute approximate surface area is 268 Å². The third-order valence-corrected chi connectivity index (χ3v) is 9.08. The van der Waals surface area contributed by atoms with Crippen LogP contribution >= 0.6 is 0 Å². The molecule has 10 heteroatoms. The van der Waals surface area contributed by atoms with Crippen molar-refractivity contribution >= 4 is 17.7 Å². The molecule has 10 nitrogen and oxygen atoms in total. The van der Waals surface area contributed by atoms with Crippen LogP contribution < -0.4 is 16.0 Å². The van der Waals surface area contributed by atoms with Gasteiger partial charge in [-0.1, -0.05) is 75.5 Å². The first kappa shape index (κ1) is 34.6. The summed E-state index contributed by atoms with van der Waals surface area (Å²) in [4.78, 5) is 42.6. The fraction of sp³-hybridized carbons (Fsp3) is 0.657. The van der Waals surface area contributed by atoms with Crippen molar-refractivity contribution in [1.29, 1.82) is 0 Å². The molecular weight excluding hydrogens is 570 g/mol. The number of likely N-dealkylation sites (tertiary alicyclic amines) is 1. The zero-order chi connectivity index (χ0) is 32.9. The molecule has 0 bridgehead atoms. The van der Waals surface area contributed by atoms with Gasteiger partial charge in [-0.15, -0.1) is 0 Å². The van der Waals surface area contributed by atoms with E-state index in [0.717, 1.165) is 31.4 Å². The number of rotatable bonds is 10. The van der Waals surface area contributed by atoms with Crippen LogP contribution in [-0.2, 0) is 16.0 Å². The molecule has 2 fully saturated rings. The molecule has 4 N–H and O–H groups in total. The Bertz CT molecular complexity index is 1300. The molecule has 2 aliphatic rings. The molecule has 0 spiro atoms. The van der Waals surface area contributed by atoms with Crippen molar-refractivity contribution in [3.05, 3.63) is 53.4 Å². The van der Waals surface area contributed by atoms with E-state index in [-0.39, 0.29) is 29.7 Å². The maximum absolute atomic E-state index is 13.9. The number of β-amino-alcohol motifs (C(OH)–C–C–N with tert-alkyl or cyclic N) is 1. The van der Waals surface area contributed by atoms with Gasteiger partial charge in [0.05, 0.1) is 18.2 Å². The van der Waals surface area contributed by atoms with Gasteiger partial charge >= 0.3 is 0 Å². The van der Waals surface area contributed by atoms with Gasteiger partial charge in [-0.05, 0) is 69.8 Å². The van der Waals surface area contributed by atoms with Crippen LogP contribution in [0.15, 0.2) is 40.9 Å². The molecule has 6 atom stereocenters. The number of aromatic nitrogens is 1. The topological polar surface area (TPSA) is 137 Å². The Morgan fingerprint density at radius 1 is 1.02 bits per heavy atom. The van der Waals surface area contributed by atoms with Gasteiger partial charge in [-0.2, -0.15) is 0 Å². The molecular formula is C35H53N5O5. The maximum Gasteiger partial charge on any atom is 0.274 e. The van der Waals surface area contributed by atoms with E-state index in [1.54, 1.807) is 6.92 Å². The number of aliphatic hydroxyl groups is 1. The van der Waals surface area contributed by atoms with Crippen LogP contribution in [0.2, 0.25) is 0 Å². The van der Waals surface area contributed by atoms with Crippen LogP contribution in [0.25, 0.3) is 0 Å². The molecule has 1 aromatic heterocycles. The van der Waals surface area contributed by atoms with Gasteiger partial charge in [0, 0.05) is 24.7 Å². The summed E-state index contributed by atoms with van der Waals surface area (Å²) in [5, 5.41) is 24.7. The minimum absolute atomic E-state index is 0.0130. The fourth-order valence-electron chi connectivity index (χ4n) is 6.77. The molecule has 248 valence electrons. The largest absolute Gasteiger partial charge is 0.390 e. The van der Waals surface area contributed by atoms with Gasteiger partial charge in [0.15, 0.2) is 5.69 Å². The molecule has 1 saturated carbocycles. The second-order valence-electron chi connectivity index (χ2n) is 15.2. The molecule has 1 saturated heterocycles. The summed E-state index contributed by atoms with van der Waals surface area (Å²) < 4.78 is 5.06. The summed E-state index contributed by atoms with van der Waals surface area (Å²) in [6.07, 6.45) is 4.86. The highest BCUT2D eigenvalue weighted by Gasteiger charge is 2.42. The highest BCUT2D eigenvalue weighted by molar-refractivity contribution is 5.96. The number of aliphatic hydroxyl groups excluding tert-OH is 1. The lowest BCUT2D eigenvalue weighted by Gasteiger charge is -2.47. The average Bonchev–Trinajstić information content (AvgIpc) is 3.40. The zero-order valence-corrected chi connectivity index (χ0v) is 28.1. The lowest BCUT2D eigenvalue weighted by molar-refractivity contribution is -0.133. The number of fused-ring (bicyclic) bond motifs is 1. The highest BCUT2D eigenvalue weighted by Crippen LogP contribution is 2.39. The Morgan fingerprint density at radius 2 is 1.69 bits per heavy atom. The van der Waals surface area contributed by atoms with Gasteiger partial charge in [-0.3, -0.25) is 19.3 Å². The van der Waals surface area contributed by atoms with Crippen molar-refractivity contribution < 1.29 is 24.0 Å². The Morgan fingerprint density at radius 3 is 2.29 bits per heavy atom. The van der Waals surface area contributed by atoms with E-state index in [1.807, 2.05) is 71.9 Å². The number of hydrogen-bond donors (Lipinski definition) is 4. The number of piperidine rings is 1. The van der Waals surface area contributed by atoms with Gasteiger partial charge in [0.2, 0.25) is 11.8 Å². The molecule has 45 heavy (non-hydrogen) atoms. The lowest BCUT2D eigenvalue weighted by atomic mass is 9.72. The number of carbonyl (C=O) groups is 3. The summed E-state index contributed by atoms with van der Waals surface area (Å²) in [6.45, 7) is 14.3. The van der Waals surface area contributed by atoms with Crippen LogP contribution in [0.3, 0.4) is 0 Å². The monoisotopic (exact) mass is 623 g/mol. The third-order valence-electron chi connectivity index (χ3n) is 9.08. The first-order valence-electron chi connectivity index (χ1n) is 16.4. The summed E-state index contributed by atoms with van der Waals surface area (Å²) in [5.74, 6) is 0.574. The number of amides is 3. The minimum Gasteiger partial charge on any atom is -0.390 e. The summed E-state index contributed by atoms with van der Waals surface area (Å²) in [7, 11) is 0. The first-order chi connectivity index (χ1) is 21.1. The van der Waals surface area contributed by atoms with Gasteiger partial charge in [0.25, 0.3) is 5.91 Å². The number of benzene rings is 1. The second-order valence-corrected chi connectivity index (χ2v) is 15.2. The van der Waals surface area contributed by atoms with Crippen molar-refractivity contribution in [2.45, 2.75) is 117 Å². The Hall–Kier alpha value is -3.24. The quantitative estimate of drug-likeness (QED) is 0.314. The normalized spacial score (nSPS) is 22.9. The molecule has 1 aliphatic heterocycles. The van der Waals surface area contributed by atoms with Crippen molar-refractivity contribution in [2.24, 2.45) is 17.3 Å². The van der Waals surface area contributed by atoms with E-state index in [0.29, 0.717) is 24.0 Å². The number of nitrogens with zero attached hydrogens (tertiary/aromatic N) is 2. The summed E-state index contributed by atoms with van der Waals surface area (Å²) in [5.41, 5.74) is 0.0521. The Balaban J connectivity index is 1.56. The molecule has 5 unspecified atom stereocenters. The minimum atomic E-state index is -0.964. The van der Waals surface area contributed by atoms with E-state index in [4.69, 9.17) is 4.52 Å². The van der Waals surface area contributed by atoms with Gasteiger partial charge < -0.3 is 25.6 Å². The second kappa shape index (κ2) is 14.5. The molecule has 2 heterocycles. The van der Waals surface area contributed by atoms with E-state index in [2.05, 4.69) is 26.0 Å². The van der Waals surface area contributed by atoms with E-state index in [9.17, 15) is 19.5 Å². The van der Waals surface area contributed by atoms with Crippen LogP contribution in [0, 0.1) is 24.2 Å². The SMILES string of the molecule is Cc1cc(C(=O)NC(C(=O)NC(Cc2ccccc2)C(O)CN2CC3CCCC[C@H]3CC2C(=O)NC(C)(C)C)C(C)(C)C)no1. The third kappa shape index (κ3) is 9.63. The molecule has 4 rings (SSSR count). The predicted octanol–water partition coefficient (Wildman–Crippen LogP) is 4.01. The van der Waals surface area contributed by atoms with Crippen molar-refractivity contribution in [2.75, 3.05) is 13.1 Å². The molecule has 1 aromatic carbocycles. The average molecular weight is 624 g/mol. The molecule has 2 aromatic rings. The maximum atomic E-state index is 13.9. The van der Waals surface area contributed by atoms with Crippen LogP contribution in [0.1, 0.15) is 95.5 Å². The standard InChI is InChI=1S/C35H53N5O5/c1-22-17-27(39-45-22)31(42)37-30(34(2,3)4)33(44)36-26(18-23-13-9-8-10-14-23)29(41)21-40-20-25-16-12-11-15-24(25)19-28(40)32(43)38-35(5,6)7/h8-10,13-14,17,24-26,28-30,41H,11-12,15-16,18-21H2,1-7H3,(H,36,44)(H,37,42)(H,38,43)/t24-,25?,26?,28?,29?,30?/m0/s1. The number of carbonyl (C=O) groups excluding carboxylic acids is 3. The highest BCUT2D eigenvalue weighted by atomic mass is 16.5. The lowest BCUT2D eigenvalue weighted by Crippen LogP contribution is -2.61. The summed E-state index contributed by atoms with van der Waals surface area (Å²) >= 11 is 0. The van der Waals surface area contributed by atoms with Gasteiger partial charge in [-0.25, -0.2) is 0 Å². The van der Waals surface area contributed by atoms with E-state index >= 15 is 0 Å². The molecule has 1 aliphatic carbocycles. The van der Waals surface area contributed by atoms with E-state index in [1.165, 1.54) is 18.9 Å². The first-order valence-corrected chi connectivity index (χ1v) is 16.4. The van der Waals surface area contributed by atoms with Gasteiger partial charge in [0.1, 0.15) is 11.8 Å². The van der Waals surface area contributed by atoms with Crippen LogP contribution in [0.5, 0.6) is 0 Å². The molecule has 0 radical (unpaired) electrons. The predicted molar refractivity (Wildman–Crippen MR) is 173 cm³/mol. The number of aryl methyl sites for hydroxylation is 1. The zero-order valence-electron chi connectivity index (χ0n) is 28.1. The fourth-order valence-corrected chi connectivity index (χ4v) is 6.77.